The number of sulfonamides is 1. The molecule has 146 valence electrons. The van der Waals surface area contributed by atoms with Gasteiger partial charge >= 0.3 is 5.97 Å². The van der Waals surface area contributed by atoms with Crippen LogP contribution in [0.5, 0.6) is 11.5 Å². The molecule has 0 saturated carbocycles. The van der Waals surface area contributed by atoms with Gasteiger partial charge in [-0.25, -0.2) is 13.2 Å². The zero-order chi connectivity index (χ0) is 20.5. The van der Waals surface area contributed by atoms with Crippen LogP contribution in [0.2, 0.25) is 0 Å². The van der Waals surface area contributed by atoms with Crippen molar-refractivity contribution in [3.05, 3.63) is 59.7 Å². The van der Waals surface area contributed by atoms with Gasteiger partial charge in [-0.15, -0.1) is 0 Å². The van der Waals surface area contributed by atoms with Crippen molar-refractivity contribution >= 4 is 32.5 Å². The highest BCUT2D eigenvalue weighted by Gasteiger charge is 2.21. The lowest BCUT2D eigenvalue weighted by Crippen LogP contribution is -2.14. The Balaban J connectivity index is 2.12. The highest BCUT2D eigenvalue weighted by atomic mass is 32.2. The van der Waals surface area contributed by atoms with E-state index in [1.54, 1.807) is 31.2 Å². The molecule has 0 saturated heterocycles. The summed E-state index contributed by atoms with van der Waals surface area (Å²) in [6.07, 6.45) is 0. The van der Waals surface area contributed by atoms with Gasteiger partial charge in [-0.05, 0) is 30.7 Å². The first kappa shape index (κ1) is 19.5. The molecule has 8 nitrogen and oxygen atoms in total. The van der Waals surface area contributed by atoms with Gasteiger partial charge in [0.15, 0.2) is 6.79 Å². The number of phenolic OH excluding ortho intramolecular Hbond substituents is 1. The number of aromatic carboxylic acids is 1. The molecule has 0 heterocycles. The molecule has 3 aromatic rings. The van der Waals surface area contributed by atoms with E-state index in [0.717, 1.165) is 12.1 Å². The molecule has 0 aliphatic heterocycles. The molecule has 0 amide bonds. The van der Waals surface area contributed by atoms with Crippen molar-refractivity contribution in [1.82, 2.24) is 0 Å². The summed E-state index contributed by atoms with van der Waals surface area (Å²) >= 11 is 0. The molecule has 0 bridgehead atoms. The molecule has 0 aromatic heterocycles. The average Bonchev–Trinajstić information content (AvgIpc) is 2.64. The molecule has 0 spiro atoms. The van der Waals surface area contributed by atoms with E-state index in [9.17, 15) is 23.4 Å². The van der Waals surface area contributed by atoms with E-state index in [2.05, 4.69) is 4.72 Å². The summed E-state index contributed by atoms with van der Waals surface area (Å²) in [6, 6.07) is 11.4. The van der Waals surface area contributed by atoms with Crippen LogP contribution < -0.4 is 9.46 Å². The molecule has 3 aromatic carbocycles. The molecule has 0 atom stereocenters. The number of rotatable bonds is 6. The molecule has 4 N–H and O–H groups in total. The molecule has 3 rings (SSSR count). The smallest absolute Gasteiger partial charge is 0.335 e. The molecule has 0 fully saturated rings. The summed E-state index contributed by atoms with van der Waals surface area (Å²) in [5.41, 5.74) is 0.121. The Hall–Kier alpha value is -3.30. The number of hydrogen-bond acceptors (Lipinski definition) is 6. The third-order valence-electron chi connectivity index (χ3n) is 4.10. The molecule has 0 aliphatic carbocycles. The fourth-order valence-electron chi connectivity index (χ4n) is 2.83. The molecule has 0 aliphatic rings. The quantitative estimate of drug-likeness (QED) is 0.465. The Bertz CT molecular complexity index is 1170. The number of phenols is 1. The number of carboxylic acid groups (broad SMARTS) is 1. The highest BCUT2D eigenvalue weighted by Crippen LogP contribution is 2.34. The van der Waals surface area contributed by atoms with Gasteiger partial charge < -0.3 is 20.1 Å². The number of carbonyl (C=O) groups is 1. The number of aliphatic hydroxyl groups excluding tert-OH is 1. The number of aryl methyl sites for hydroxylation is 1. The van der Waals surface area contributed by atoms with Gasteiger partial charge in [0.2, 0.25) is 0 Å². The number of nitrogens with one attached hydrogen (secondary N) is 1. The zero-order valence-corrected chi connectivity index (χ0v) is 15.5. The fourth-order valence-corrected chi connectivity index (χ4v) is 4.17. The van der Waals surface area contributed by atoms with Crippen LogP contribution in [-0.2, 0) is 10.0 Å². The van der Waals surface area contributed by atoms with Crippen molar-refractivity contribution in [3.63, 3.8) is 0 Å². The second-order valence-electron chi connectivity index (χ2n) is 6.02. The minimum absolute atomic E-state index is 0.00755. The van der Waals surface area contributed by atoms with Crippen LogP contribution in [0.15, 0.2) is 53.4 Å². The van der Waals surface area contributed by atoms with Gasteiger partial charge in [0.1, 0.15) is 11.5 Å². The van der Waals surface area contributed by atoms with Crippen LogP contribution in [0.4, 0.5) is 5.69 Å². The molecule has 28 heavy (non-hydrogen) atoms. The van der Waals surface area contributed by atoms with Crippen LogP contribution in [0.1, 0.15) is 15.9 Å². The zero-order valence-electron chi connectivity index (χ0n) is 14.7. The minimum atomic E-state index is -4.13. The Labute approximate surface area is 160 Å². The summed E-state index contributed by atoms with van der Waals surface area (Å²) in [6.45, 7) is 0.885. The van der Waals surface area contributed by atoms with E-state index in [1.165, 1.54) is 12.1 Å². The molecular weight excluding hydrogens is 386 g/mol. The van der Waals surface area contributed by atoms with E-state index in [4.69, 9.17) is 9.84 Å². The standard InChI is InChI=1S/C19H17NO7S/c1-11-6-17(15-4-2-3-5-16(15)18(11)22)28(25,26)20-13-7-12(19(23)24)8-14(9-13)27-10-21/h2-9,20-22H,10H2,1H3,(H,23,24). The van der Waals surface area contributed by atoms with Gasteiger partial charge in [0.25, 0.3) is 10.0 Å². The number of hydrogen-bond donors (Lipinski definition) is 4. The lowest BCUT2D eigenvalue weighted by atomic mass is 10.1. The maximum absolute atomic E-state index is 13.0. The van der Waals surface area contributed by atoms with Crippen LogP contribution >= 0.6 is 0 Å². The maximum Gasteiger partial charge on any atom is 0.335 e. The Morgan fingerprint density at radius 3 is 2.43 bits per heavy atom. The predicted octanol–water partition coefficient (Wildman–Crippen LogP) is 2.68. The first-order valence-electron chi connectivity index (χ1n) is 8.09. The van der Waals surface area contributed by atoms with Gasteiger partial charge in [-0.1, -0.05) is 24.3 Å². The van der Waals surface area contributed by atoms with Crippen LogP contribution in [-0.4, -0.2) is 36.5 Å². The van der Waals surface area contributed by atoms with Crippen molar-refractivity contribution in [2.75, 3.05) is 11.5 Å². The first-order chi connectivity index (χ1) is 13.2. The SMILES string of the molecule is Cc1cc(S(=O)(=O)Nc2cc(OCO)cc(C(=O)O)c2)c2ccccc2c1O. The molecule has 0 radical (unpaired) electrons. The molecule has 9 heteroatoms. The van der Waals surface area contributed by atoms with Crippen LogP contribution in [0.25, 0.3) is 10.8 Å². The van der Waals surface area contributed by atoms with E-state index in [0.29, 0.717) is 16.3 Å². The summed E-state index contributed by atoms with van der Waals surface area (Å²) < 4.78 is 33.2. The van der Waals surface area contributed by atoms with E-state index in [-0.39, 0.29) is 27.6 Å². The summed E-state index contributed by atoms with van der Waals surface area (Å²) in [5.74, 6) is -1.30. The summed E-state index contributed by atoms with van der Waals surface area (Å²) in [4.78, 5) is 11.2. The monoisotopic (exact) mass is 403 g/mol. The summed E-state index contributed by atoms with van der Waals surface area (Å²) in [7, 11) is -4.13. The third-order valence-corrected chi connectivity index (χ3v) is 5.52. The topological polar surface area (TPSA) is 133 Å². The average molecular weight is 403 g/mol. The van der Waals surface area contributed by atoms with E-state index in [1.807, 2.05) is 0 Å². The predicted molar refractivity (Wildman–Crippen MR) is 102 cm³/mol. The summed E-state index contributed by atoms with van der Waals surface area (Å²) in [5, 5.41) is 29.0. The number of fused-ring (bicyclic) bond motifs is 1. The Kier molecular flexibility index (Phi) is 5.12. The van der Waals surface area contributed by atoms with Gasteiger partial charge in [-0.2, -0.15) is 0 Å². The number of benzene rings is 3. The van der Waals surface area contributed by atoms with E-state index < -0.39 is 22.8 Å². The van der Waals surface area contributed by atoms with Crippen LogP contribution in [0, 0.1) is 6.92 Å². The van der Waals surface area contributed by atoms with Gasteiger partial charge in [0, 0.05) is 16.8 Å². The van der Waals surface area contributed by atoms with Crippen molar-refractivity contribution in [2.24, 2.45) is 0 Å². The van der Waals surface area contributed by atoms with Crippen LogP contribution in [0.3, 0.4) is 0 Å². The lowest BCUT2D eigenvalue weighted by Gasteiger charge is -2.14. The maximum atomic E-state index is 13.0. The minimum Gasteiger partial charge on any atom is -0.507 e. The fraction of sp³-hybridized carbons (Fsp3) is 0.105. The Morgan fingerprint density at radius 1 is 1.11 bits per heavy atom. The van der Waals surface area contributed by atoms with Crippen molar-refractivity contribution < 1.29 is 33.3 Å². The van der Waals surface area contributed by atoms with Gasteiger partial charge in [0.05, 0.1) is 16.1 Å². The third kappa shape index (κ3) is 3.71. The second kappa shape index (κ2) is 7.37. The van der Waals surface area contributed by atoms with E-state index >= 15 is 0 Å². The number of carboxylic acids is 1. The largest absolute Gasteiger partial charge is 0.507 e. The van der Waals surface area contributed by atoms with Crippen molar-refractivity contribution in [3.8, 4) is 11.5 Å². The van der Waals surface area contributed by atoms with Crippen molar-refractivity contribution in [2.45, 2.75) is 11.8 Å². The lowest BCUT2D eigenvalue weighted by molar-refractivity contribution is 0.0693. The molecule has 0 unspecified atom stereocenters. The number of aliphatic hydroxyl groups is 1. The number of anilines is 1. The first-order valence-corrected chi connectivity index (χ1v) is 9.57. The Morgan fingerprint density at radius 2 is 1.79 bits per heavy atom. The van der Waals surface area contributed by atoms with Gasteiger partial charge in [-0.3, -0.25) is 4.72 Å². The number of ether oxygens (including phenoxy) is 1. The van der Waals surface area contributed by atoms with Crippen molar-refractivity contribution in [1.29, 1.82) is 0 Å². The second-order valence-corrected chi connectivity index (χ2v) is 7.67. The molecular formula is C19H17NO7S. The normalized spacial score (nSPS) is 11.4. The number of aromatic hydroxyl groups is 1. The highest BCUT2D eigenvalue weighted by molar-refractivity contribution is 7.93.